The summed E-state index contributed by atoms with van der Waals surface area (Å²) in [5.41, 5.74) is 10.9. The number of aliphatic hydroxyl groups is 5. The zero-order valence-electron chi connectivity index (χ0n) is 21.3. The van der Waals surface area contributed by atoms with E-state index < -0.39 is 88.6 Å². The highest BCUT2D eigenvalue weighted by Crippen LogP contribution is 2.62. The maximum absolute atomic E-state index is 13.9. The van der Waals surface area contributed by atoms with Crippen LogP contribution in [0.4, 0.5) is 10.2 Å². The second-order valence-electron chi connectivity index (χ2n) is 9.32. The molecule has 4 rings (SSSR count). The molecular weight excluding hydrogens is 633 g/mol. The fourth-order valence-electron chi connectivity index (χ4n) is 4.36. The molecule has 0 aromatic carbocycles. The van der Waals surface area contributed by atoms with E-state index in [9.17, 15) is 39.2 Å². The number of anilines is 1. The Morgan fingerprint density at radius 1 is 1.21 bits per heavy atom. The number of halogens is 1. The van der Waals surface area contributed by atoms with E-state index in [4.69, 9.17) is 42.4 Å². The van der Waals surface area contributed by atoms with Crippen molar-refractivity contribution in [2.75, 3.05) is 18.9 Å². The second-order valence-corrected chi connectivity index (χ2v) is 13.7. The fourth-order valence-corrected chi connectivity index (χ4v) is 7.46. The molecule has 23 heteroatoms. The van der Waals surface area contributed by atoms with E-state index in [1.165, 1.54) is 23.3 Å². The topological polar surface area (TPSA) is 300 Å². The van der Waals surface area contributed by atoms with Crippen LogP contribution in [-0.4, -0.2) is 123 Å². The molecule has 0 bridgehead atoms. The molecule has 0 amide bonds. The minimum atomic E-state index is -5.50. The minimum absolute atomic E-state index is 0.0671. The molecular formula is C19H29FN6O13P2S. The van der Waals surface area contributed by atoms with Crippen LogP contribution in [-0.2, 0) is 39.2 Å². The first-order chi connectivity index (χ1) is 19.5. The lowest BCUT2D eigenvalue weighted by atomic mass is 9.91. The molecule has 42 heavy (non-hydrogen) atoms. The van der Waals surface area contributed by atoms with Gasteiger partial charge in [0.1, 0.15) is 54.0 Å². The highest BCUT2D eigenvalue weighted by atomic mass is 32.5. The van der Waals surface area contributed by atoms with Gasteiger partial charge < -0.3 is 60.8 Å². The van der Waals surface area contributed by atoms with Crippen LogP contribution >= 0.6 is 14.5 Å². The van der Waals surface area contributed by atoms with Crippen molar-refractivity contribution < 1.29 is 67.1 Å². The minimum Gasteiger partial charge on any atom is -0.393 e. The number of phosphoric ester groups is 1. The molecule has 2 fully saturated rings. The fraction of sp³-hybridized carbons (Fsp3) is 0.632. The van der Waals surface area contributed by atoms with Crippen molar-refractivity contribution in [2.45, 2.75) is 60.9 Å². The molecule has 2 aromatic heterocycles. The van der Waals surface area contributed by atoms with E-state index in [2.05, 4.69) is 30.4 Å². The van der Waals surface area contributed by atoms with E-state index in [0.29, 0.717) is 0 Å². The number of ether oxygens (including phenoxy) is 2. The van der Waals surface area contributed by atoms with Gasteiger partial charge in [0.05, 0.1) is 19.5 Å². The number of nitrogens with zero attached hydrogens (tertiary/aromatic N) is 4. The summed E-state index contributed by atoms with van der Waals surface area (Å²) in [5.74, 6) is 0.0671. The highest BCUT2D eigenvalue weighted by molar-refractivity contribution is 8.08. The molecule has 0 radical (unpaired) electrons. The van der Waals surface area contributed by atoms with Crippen LogP contribution in [0, 0.1) is 0 Å². The van der Waals surface area contributed by atoms with Crippen LogP contribution in [0.25, 0.3) is 11.2 Å². The number of imidazole rings is 1. The van der Waals surface area contributed by atoms with Gasteiger partial charge in [-0.15, -0.1) is 6.58 Å². The predicted molar refractivity (Wildman–Crippen MR) is 140 cm³/mol. The summed E-state index contributed by atoms with van der Waals surface area (Å²) in [6.07, 6.45) is -13.3. The maximum atomic E-state index is 13.9. The second kappa shape index (κ2) is 12.4. The molecule has 11 N–H and O–H groups in total. The van der Waals surface area contributed by atoms with E-state index in [1.54, 1.807) is 0 Å². The Labute approximate surface area is 241 Å². The van der Waals surface area contributed by atoms with Crippen LogP contribution in [0.2, 0.25) is 0 Å². The monoisotopic (exact) mass is 662 g/mol. The van der Waals surface area contributed by atoms with Gasteiger partial charge in [-0.3, -0.25) is 9.09 Å². The number of fused-ring (bicyclic) bond motifs is 1. The molecule has 0 saturated carbocycles. The van der Waals surface area contributed by atoms with Crippen molar-refractivity contribution in [3.05, 3.63) is 25.3 Å². The summed E-state index contributed by atoms with van der Waals surface area (Å²) in [6, 6.07) is 0. The van der Waals surface area contributed by atoms with Gasteiger partial charge >= 0.3 is 14.5 Å². The van der Waals surface area contributed by atoms with E-state index in [1.807, 2.05) is 0 Å². The van der Waals surface area contributed by atoms with Crippen LogP contribution in [0.3, 0.4) is 0 Å². The summed E-state index contributed by atoms with van der Waals surface area (Å²) in [5, 5.41) is 49.7. The molecule has 12 atom stereocenters. The Bertz CT molecular complexity index is 1390. The summed E-state index contributed by atoms with van der Waals surface area (Å²) in [7, 11) is -5.50. The number of hydrogen-bond donors (Lipinski definition) is 9. The van der Waals surface area contributed by atoms with Gasteiger partial charge in [-0.2, -0.15) is 0 Å². The van der Waals surface area contributed by atoms with Crippen molar-refractivity contribution in [3.8, 4) is 0 Å². The van der Waals surface area contributed by atoms with Crippen molar-refractivity contribution in [1.29, 1.82) is 0 Å². The number of aromatic nitrogens is 4. The summed E-state index contributed by atoms with van der Waals surface area (Å²) in [6.45, 7) is -2.99. The first-order valence-corrected chi connectivity index (χ1v) is 16.0. The van der Waals surface area contributed by atoms with Gasteiger partial charge in [-0.1, -0.05) is 6.08 Å². The van der Waals surface area contributed by atoms with Crippen molar-refractivity contribution in [1.82, 2.24) is 19.5 Å². The lowest BCUT2D eigenvalue weighted by Gasteiger charge is -2.41. The van der Waals surface area contributed by atoms with Crippen LogP contribution in [0.1, 0.15) is 6.23 Å². The first-order valence-electron chi connectivity index (χ1n) is 11.9. The van der Waals surface area contributed by atoms with Gasteiger partial charge in [-0.05, 0) is 11.8 Å². The predicted octanol–water partition coefficient (Wildman–Crippen LogP) is -2.94. The molecule has 2 saturated heterocycles. The Hall–Kier alpha value is -1.62. The van der Waals surface area contributed by atoms with Crippen LogP contribution in [0.15, 0.2) is 25.3 Å². The van der Waals surface area contributed by atoms with Crippen molar-refractivity contribution >= 4 is 43.3 Å². The molecule has 7 unspecified atom stereocenters. The normalized spacial score (nSPS) is 37.3. The molecule has 2 aliphatic rings. The third kappa shape index (κ3) is 6.42. The van der Waals surface area contributed by atoms with Gasteiger partial charge in [0.2, 0.25) is 0 Å². The van der Waals surface area contributed by atoms with Gasteiger partial charge in [0, 0.05) is 0 Å². The van der Waals surface area contributed by atoms with Gasteiger partial charge in [-0.25, -0.2) is 28.2 Å². The molecule has 0 spiro atoms. The van der Waals surface area contributed by atoms with Gasteiger partial charge in [0.15, 0.2) is 30.2 Å². The first kappa shape index (κ1) is 33.3. The molecule has 0 aliphatic carbocycles. The highest BCUT2D eigenvalue weighted by Gasteiger charge is 2.54. The largest absolute Gasteiger partial charge is 0.481 e. The van der Waals surface area contributed by atoms with E-state index >= 15 is 0 Å². The lowest BCUT2D eigenvalue weighted by Crippen LogP contribution is -2.60. The summed E-state index contributed by atoms with van der Waals surface area (Å²) >= 11 is 4.75. The van der Waals surface area contributed by atoms with E-state index in [0.717, 1.165) is 0 Å². The van der Waals surface area contributed by atoms with Gasteiger partial charge in [0.25, 0.3) is 0 Å². The van der Waals surface area contributed by atoms with Crippen LogP contribution < -0.4 is 11.5 Å². The zero-order valence-corrected chi connectivity index (χ0v) is 23.9. The Balaban J connectivity index is 1.44. The number of alkyl halides is 1. The zero-order chi connectivity index (χ0) is 31.2. The Morgan fingerprint density at radius 3 is 2.55 bits per heavy atom. The number of nitrogen functional groups attached to an aromatic ring is 1. The molecule has 4 heterocycles. The number of phosphoric acid groups is 1. The van der Waals surface area contributed by atoms with Crippen molar-refractivity contribution in [3.63, 3.8) is 0 Å². The lowest BCUT2D eigenvalue weighted by molar-refractivity contribution is -0.287. The molecule has 236 valence electrons. The average Bonchev–Trinajstić information content (AvgIpc) is 3.46. The number of rotatable bonds is 11. The SMILES string of the molecule is C=C[C@@]1(N)[C@H](O)[C@@H](COP(O)(=S)OP(=O)(O)OC2OC([C@@H](F)CO)C(O)C(O)C2O)O[C@H]1n1cnc2c(N)ncnc21. The summed E-state index contributed by atoms with van der Waals surface area (Å²) < 4.78 is 52.8. The Kier molecular flexibility index (Phi) is 9.83. The standard InChI is InChI=1S/C19H29FN6O13P2S/c1-2-19(22)14(31)8(36-18(19)26-6-25-9-15(21)23-5-24-16(9)26)4-35-41(34,42)39-40(32,33)38-17-12(30)10(28)11(29)13(37-17)7(20)3-27/h2,5-8,10-14,17-18,27-31H,1,3-4,22H2,(H,32,33)(H,34,42)(H2,21,23,24)/t7-,8+,10?,11?,12?,13?,14+,17?,18+,19+,41?/m0/s1. The van der Waals surface area contributed by atoms with Crippen molar-refractivity contribution in [2.24, 2.45) is 5.73 Å². The third-order valence-corrected chi connectivity index (χ3v) is 10.1. The Morgan fingerprint density at radius 2 is 1.90 bits per heavy atom. The summed E-state index contributed by atoms with van der Waals surface area (Å²) in [4.78, 5) is 32.6. The maximum Gasteiger partial charge on any atom is 0.481 e. The van der Waals surface area contributed by atoms with E-state index in [-0.39, 0.29) is 17.0 Å². The molecule has 2 aromatic rings. The third-order valence-electron chi connectivity index (χ3n) is 6.57. The number of aliphatic hydroxyl groups excluding tert-OH is 5. The molecule has 2 aliphatic heterocycles. The smallest absolute Gasteiger partial charge is 0.393 e. The number of nitrogens with two attached hydrogens (primary N) is 2. The quantitative estimate of drug-likeness (QED) is 0.0858. The number of hydrogen-bond acceptors (Lipinski definition) is 17. The molecule has 19 nitrogen and oxygen atoms in total. The average molecular weight is 662 g/mol. The van der Waals surface area contributed by atoms with Crippen LogP contribution in [0.5, 0.6) is 0 Å².